The second-order valence-electron chi connectivity index (χ2n) is 18.8. The van der Waals surface area contributed by atoms with E-state index >= 15 is 0 Å². The fourth-order valence-corrected chi connectivity index (χ4v) is 8.83. The molecule has 0 aromatic heterocycles. The minimum absolute atomic E-state index is 0.0968. The molecule has 0 aromatic rings. The lowest BCUT2D eigenvalue weighted by Crippen LogP contribution is -2.28. The van der Waals surface area contributed by atoms with Crippen molar-refractivity contribution in [1.29, 1.82) is 0 Å². The molecular weight excluding hydrogens is 842 g/mol. The summed E-state index contributed by atoms with van der Waals surface area (Å²) in [4.78, 5) is 22.7. The summed E-state index contributed by atoms with van der Waals surface area (Å²) in [6, 6.07) is 0. The molecular formula is C57H108NO7P. The van der Waals surface area contributed by atoms with E-state index in [1.54, 1.807) is 0 Å². The third kappa shape index (κ3) is 53.4. The first-order chi connectivity index (χ1) is 32.4. The number of unbranched alkanes of at least 4 members (excludes halogenated alkanes) is 33. The van der Waals surface area contributed by atoms with Crippen molar-refractivity contribution in [2.24, 2.45) is 5.73 Å². The van der Waals surface area contributed by atoms with E-state index in [1.807, 2.05) is 0 Å². The highest BCUT2D eigenvalue weighted by molar-refractivity contribution is 7.47. The van der Waals surface area contributed by atoms with Crippen LogP contribution >= 0.6 is 7.82 Å². The molecule has 0 aromatic carbocycles. The maximum atomic E-state index is 12.7. The maximum absolute atomic E-state index is 12.7. The topological polar surface area (TPSA) is 117 Å². The van der Waals surface area contributed by atoms with Gasteiger partial charge >= 0.3 is 13.8 Å². The van der Waals surface area contributed by atoms with E-state index < -0.39 is 13.9 Å². The van der Waals surface area contributed by atoms with Crippen molar-refractivity contribution in [2.75, 3.05) is 33.0 Å². The minimum Gasteiger partial charge on any atom is -0.457 e. The standard InChI is InChI=1S/C57H108NO7P/c1-3-5-7-9-11-13-15-17-19-21-23-25-27-28-29-30-32-34-36-38-40-42-44-46-48-50-57(59)65-56(55-64-66(60,61)63-53-51-58)54-62-52-49-47-45-43-41-39-37-35-33-31-26-24-22-20-18-16-14-12-10-8-6-4-2/h15,17,21-24,27-28,56H,3-14,16,18-20,25-26,29-55,58H2,1-2H3,(H,60,61)/b17-15-,23-21-,24-22-,28-27-. The van der Waals surface area contributed by atoms with Crippen LogP contribution in [0, 0.1) is 0 Å². The number of ether oxygens (including phenoxy) is 2. The number of phosphoric acid groups is 1. The first kappa shape index (κ1) is 64.5. The molecule has 2 atom stereocenters. The van der Waals surface area contributed by atoms with E-state index in [0.29, 0.717) is 13.0 Å². The van der Waals surface area contributed by atoms with E-state index in [2.05, 4.69) is 62.5 Å². The van der Waals surface area contributed by atoms with Gasteiger partial charge in [-0.15, -0.1) is 0 Å². The SMILES string of the molecule is CCCCCCC/C=C\C/C=C\C/C=C\CCCCCCCCCCCCC(=O)OC(COCCCCCCCCCCCC/C=C\CCCCCCCCCC)COP(=O)(O)OCCN. The molecule has 0 rings (SSSR count). The molecule has 0 amide bonds. The van der Waals surface area contributed by atoms with Crippen molar-refractivity contribution in [3.8, 4) is 0 Å². The van der Waals surface area contributed by atoms with Crippen molar-refractivity contribution in [3.05, 3.63) is 48.6 Å². The fourth-order valence-electron chi connectivity index (χ4n) is 8.06. The number of allylic oxidation sites excluding steroid dienone is 8. The molecule has 2 unspecified atom stereocenters. The molecule has 0 radical (unpaired) electrons. The van der Waals surface area contributed by atoms with Gasteiger partial charge in [0.25, 0.3) is 0 Å². The predicted molar refractivity (Wildman–Crippen MR) is 284 cm³/mol. The zero-order chi connectivity index (χ0) is 48.0. The van der Waals surface area contributed by atoms with Crippen LogP contribution in [-0.4, -0.2) is 49.9 Å². The van der Waals surface area contributed by atoms with Gasteiger partial charge in [0.05, 0.1) is 19.8 Å². The van der Waals surface area contributed by atoms with E-state index in [1.165, 1.54) is 205 Å². The fraction of sp³-hybridized carbons (Fsp3) is 0.842. The predicted octanol–water partition coefficient (Wildman–Crippen LogP) is 17.9. The van der Waals surface area contributed by atoms with Gasteiger partial charge in [-0.2, -0.15) is 0 Å². The van der Waals surface area contributed by atoms with Crippen molar-refractivity contribution >= 4 is 13.8 Å². The summed E-state index contributed by atoms with van der Waals surface area (Å²) in [5.41, 5.74) is 5.40. The Bertz CT molecular complexity index is 1160. The quantitative estimate of drug-likeness (QED) is 0.0268. The van der Waals surface area contributed by atoms with Gasteiger partial charge in [0.2, 0.25) is 0 Å². The van der Waals surface area contributed by atoms with Crippen LogP contribution in [-0.2, 0) is 27.9 Å². The maximum Gasteiger partial charge on any atom is 0.472 e. The van der Waals surface area contributed by atoms with Gasteiger partial charge in [-0.3, -0.25) is 13.8 Å². The average Bonchev–Trinajstić information content (AvgIpc) is 3.31. The lowest BCUT2D eigenvalue weighted by molar-refractivity contribution is -0.154. The first-order valence-corrected chi connectivity index (χ1v) is 29.6. The van der Waals surface area contributed by atoms with E-state index in [9.17, 15) is 14.3 Å². The lowest BCUT2D eigenvalue weighted by atomic mass is 10.0. The summed E-state index contributed by atoms with van der Waals surface area (Å²) < 4.78 is 33.7. The number of phosphoric ester groups is 1. The zero-order valence-corrected chi connectivity index (χ0v) is 44.3. The van der Waals surface area contributed by atoms with Crippen LogP contribution in [0.15, 0.2) is 48.6 Å². The molecule has 3 N–H and O–H groups in total. The van der Waals surface area contributed by atoms with Crippen LogP contribution in [0.25, 0.3) is 0 Å². The molecule has 9 heteroatoms. The van der Waals surface area contributed by atoms with Crippen molar-refractivity contribution < 1.29 is 32.8 Å². The second-order valence-corrected chi connectivity index (χ2v) is 20.2. The first-order valence-electron chi connectivity index (χ1n) is 28.1. The number of nitrogens with two attached hydrogens (primary N) is 1. The smallest absolute Gasteiger partial charge is 0.457 e. The van der Waals surface area contributed by atoms with Crippen LogP contribution in [0.5, 0.6) is 0 Å². The second kappa shape index (κ2) is 54.4. The number of rotatable bonds is 54. The molecule has 388 valence electrons. The summed E-state index contributed by atoms with van der Waals surface area (Å²) >= 11 is 0. The summed E-state index contributed by atoms with van der Waals surface area (Å²) in [5, 5.41) is 0. The zero-order valence-electron chi connectivity index (χ0n) is 43.4. The Morgan fingerprint density at radius 1 is 0.455 bits per heavy atom. The Balaban J connectivity index is 3.91. The average molecular weight is 950 g/mol. The highest BCUT2D eigenvalue weighted by Gasteiger charge is 2.25. The molecule has 0 aliphatic rings. The van der Waals surface area contributed by atoms with Crippen molar-refractivity contribution in [2.45, 2.75) is 277 Å². The minimum atomic E-state index is -4.29. The van der Waals surface area contributed by atoms with Gasteiger partial charge in [0.15, 0.2) is 0 Å². The molecule has 0 spiro atoms. The summed E-state index contributed by atoms with van der Waals surface area (Å²) in [7, 11) is -4.29. The van der Waals surface area contributed by atoms with Crippen LogP contribution in [0.3, 0.4) is 0 Å². The third-order valence-electron chi connectivity index (χ3n) is 12.2. The number of esters is 1. The largest absolute Gasteiger partial charge is 0.472 e. The highest BCUT2D eigenvalue weighted by Crippen LogP contribution is 2.43. The Kier molecular flexibility index (Phi) is 53.1. The molecule has 8 nitrogen and oxygen atoms in total. The normalized spacial score (nSPS) is 13.6. The molecule has 66 heavy (non-hydrogen) atoms. The summed E-state index contributed by atoms with van der Waals surface area (Å²) in [6.45, 7) is 4.94. The Hall–Kier alpha value is -1.54. The summed E-state index contributed by atoms with van der Waals surface area (Å²) in [5.74, 6) is -0.332. The molecule has 0 aliphatic carbocycles. The van der Waals surface area contributed by atoms with Crippen LogP contribution in [0.1, 0.15) is 271 Å². The van der Waals surface area contributed by atoms with Gasteiger partial charge in [-0.1, -0.05) is 236 Å². The van der Waals surface area contributed by atoms with Crippen LogP contribution in [0.2, 0.25) is 0 Å². The van der Waals surface area contributed by atoms with Crippen molar-refractivity contribution in [1.82, 2.24) is 0 Å². The van der Waals surface area contributed by atoms with Gasteiger partial charge in [0, 0.05) is 19.6 Å². The summed E-state index contributed by atoms with van der Waals surface area (Å²) in [6.07, 6.45) is 67.3. The number of carbonyl (C=O) groups excluding carboxylic acids is 1. The molecule has 0 saturated heterocycles. The molecule has 0 aliphatic heterocycles. The van der Waals surface area contributed by atoms with Crippen LogP contribution in [0.4, 0.5) is 0 Å². The van der Waals surface area contributed by atoms with Crippen LogP contribution < -0.4 is 5.73 Å². The van der Waals surface area contributed by atoms with Gasteiger partial charge in [-0.25, -0.2) is 4.57 Å². The van der Waals surface area contributed by atoms with E-state index in [0.717, 1.165) is 44.9 Å². The highest BCUT2D eigenvalue weighted by atomic mass is 31.2. The molecule has 0 heterocycles. The molecule has 0 saturated carbocycles. The Labute approximate surface area is 409 Å². The number of carbonyl (C=O) groups is 1. The monoisotopic (exact) mass is 950 g/mol. The van der Waals surface area contributed by atoms with Gasteiger partial charge in [0.1, 0.15) is 6.10 Å². The lowest BCUT2D eigenvalue weighted by Gasteiger charge is -2.20. The Morgan fingerprint density at radius 2 is 0.803 bits per heavy atom. The number of hydrogen-bond donors (Lipinski definition) is 2. The molecule has 0 fully saturated rings. The van der Waals surface area contributed by atoms with Gasteiger partial charge < -0.3 is 20.1 Å². The number of hydrogen-bond acceptors (Lipinski definition) is 7. The Morgan fingerprint density at radius 3 is 1.21 bits per heavy atom. The molecule has 0 bridgehead atoms. The third-order valence-corrected chi connectivity index (χ3v) is 13.2. The van der Waals surface area contributed by atoms with Crippen molar-refractivity contribution in [3.63, 3.8) is 0 Å². The van der Waals surface area contributed by atoms with Gasteiger partial charge in [-0.05, 0) is 77.0 Å². The van der Waals surface area contributed by atoms with E-state index in [4.69, 9.17) is 24.3 Å². The van der Waals surface area contributed by atoms with E-state index in [-0.39, 0.29) is 32.3 Å².